The molecule has 1 rings (SSSR count). The summed E-state index contributed by atoms with van der Waals surface area (Å²) < 4.78 is 30.7. The second kappa shape index (κ2) is 6.41. The van der Waals surface area contributed by atoms with Crippen molar-refractivity contribution in [1.82, 2.24) is 0 Å². The Morgan fingerprint density at radius 1 is 1.37 bits per heavy atom. The Bertz CT molecular complexity index is 463. The fourth-order valence-electron chi connectivity index (χ4n) is 2.01. The molecule has 0 saturated heterocycles. The maximum atomic E-state index is 13.1. The van der Waals surface area contributed by atoms with E-state index in [4.69, 9.17) is 0 Å². The van der Waals surface area contributed by atoms with Crippen LogP contribution in [0.15, 0.2) is 36.0 Å². The van der Waals surface area contributed by atoms with Gasteiger partial charge in [0, 0.05) is 12.8 Å². The van der Waals surface area contributed by atoms with Crippen LogP contribution in [0.3, 0.4) is 0 Å². The van der Waals surface area contributed by atoms with Gasteiger partial charge in [0.05, 0.1) is 12.5 Å². The van der Waals surface area contributed by atoms with E-state index in [1.165, 1.54) is 26.2 Å². The predicted molar refractivity (Wildman–Crippen MR) is 66.5 cm³/mol. The van der Waals surface area contributed by atoms with Gasteiger partial charge < -0.3 is 4.74 Å². The third-order valence-corrected chi connectivity index (χ3v) is 3.09. The Balaban J connectivity index is 2.92. The van der Waals surface area contributed by atoms with Gasteiger partial charge in [-0.2, -0.15) is 0 Å². The van der Waals surface area contributed by atoms with Crippen LogP contribution in [-0.2, 0) is 14.3 Å². The molecular formula is C14H16F2O3. The van der Waals surface area contributed by atoms with Crippen LogP contribution in [-0.4, -0.2) is 18.9 Å². The first-order chi connectivity index (χ1) is 8.95. The highest BCUT2D eigenvalue weighted by molar-refractivity contribution is 5.92. The highest BCUT2D eigenvalue weighted by atomic mass is 19.2. The van der Waals surface area contributed by atoms with Gasteiger partial charge in [0.25, 0.3) is 0 Å². The van der Waals surface area contributed by atoms with Gasteiger partial charge in [-0.15, -0.1) is 0 Å². The number of ketones is 1. The smallest absolute Gasteiger partial charge is 0.316 e. The van der Waals surface area contributed by atoms with Gasteiger partial charge in [-0.1, -0.05) is 12.2 Å². The lowest BCUT2D eigenvalue weighted by Crippen LogP contribution is -2.27. The molecule has 0 aromatic rings. The number of Topliss-reactive ketones (excluding diaryl/α,β-unsaturated/α-hetero) is 1. The number of allylic oxidation sites excluding steroid dienone is 5. The fourth-order valence-corrected chi connectivity index (χ4v) is 2.01. The van der Waals surface area contributed by atoms with E-state index in [1.807, 2.05) is 0 Å². The fraction of sp³-hybridized carbons (Fsp3) is 0.429. The lowest BCUT2D eigenvalue weighted by molar-refractivity contribution is -0.150. The first-order valence-electron chi connectivity index (χ1n) is 5.92. The summed E-state index contributed by atoms with van der Waals surface area (Å²) in [5.41, 5.74) is -1.05. The molecule has 5 heteroatoms. The number of halogens is 2. The van der Waals surface area contributed by atoms with Gasteiger partial charge >= 0.3 is 5.97 Å². The van der Waals surface area contributed by atoms with Crippen LogP contribution in [0, 0.1) is 5.41 Å². The number of carbonyl (C=O) groups is 2. The molecule has 1 fully saturated rings. The summed E-state index contributed by atoms with van der Waals surface area (Å²) in [6.45, 7) is 1.37. The number of ether oxygens (including phenoxy) is 1. The van der Waals surface area contributed by atoms with Crippen molar-refractivity contribution < 1.29 is 23.1 Å². The van der Waals surface area contributed by atoms with E-state index in [1.54, 1.807) is 0 Å². The third-order valence-electron chi connectivity index (χ3n) is 3.09. The third kappa shape index (κ3) is 3.59. The molecule has 1 saturated carbocycles. The van der Waals surface area contributed by atoms with Crippen molar-refractivity contribution in [3.63, 3.8) is 0 Å². The van der Waals surface area contributed by atoms with Crippen LogP contribution in [0.25, 0.3) is 0 Å². The quantitative estimate of drug-likeness (QED) is 0.582. The number of rotatable bonds is 4. The van der Waals surface area contributed by atoms with E-state index in [9.17, 15) is 18.4 Å². The van der Waals surface area contributed by atoms with Gasteiger partial charge in [0.1, 0.15) is 5.78 Å². The van der Waals surface area contributed by atoms with Gasteiger partial charge in [-0.25, -0.2) is 8.78 Å². The monoisotopic (exact) mass is 270 g/mol. The summed E-state index contributed by atoms with van der Waals surface area (Å²) in [5, 5.41) is 0. The molecule has 19 heavy (non-hydrogen) atoms. The van der Waals surface area contributed by atoms with Crippen LogP contribution >= 0.6 is 0 Å². The van der Waals surface area contributed by atoms with Crippen LogP contribution in [0.5, 0.6) is 0 Å². The minimum atomic E-state index is -1.05. The molecule has 1 aliphatic rings. The van der Waals surface area contributed by atoms with E-state index in [2.05, 4.69) is 4.74 Å². The lowest BCUT2D eigenvalue weighted by Gasteiger charge is -2.20. The maximum absolute atomic E-state index is 13.1. The maximum Gasteiger partial charge on any atom is 0.316 e. The number of methoxy groups -OCH3 is 1. The molecule has 1 atom stereocenters. The van der Waals surface area contributed by atoms with Crippen LogP contribution in [0.2, 0.25) is 0 Å². The second-order valence-corrected chi connectivity index (χ2v) is 4.37. The van der Waals surface area contributed by atoms with Crippen LogP contribution in [0.4, 0.5) is 8.78 Å². The molecule has 0 spiro atoms. The minimum Gasteiger partial charge on any atom is -0.468 e. The first-order valence-corrected chi connectivity index (χ1v) is 5.92. The SMILES string of the molecule is CC=C(F)C(F)=CC=CC1(C(=O)OC)CCC(=O)C1. The molecule has 104 valence electrons. The summed E-state index contributed by atoms with van der Waals surface area (Å²) in [6, 6.07) is 0. The minimum absolute atomic E-state index is 0.0394. The van der Waals surface area contributed by atoms with Crippen molar-refractivity contribution in [1.29, 1.82) is 0 Å². The zero-order valence-corrected chi connectivity index (χ0v) is 10.9. The Morgan fingerprint density at radius 3 is 2.53 bits per heavy atom. The highest BCUT2D eigenvalue weighted by Crippen LogP contribution is 2.38. The molecule has 0 aromatic carbocycles. The molecule has 0 amide bonds. The van der Waals surface area contributed by atoms with Gasteiger partial charge in [-0.3, -0.25) is 9.59 Å². The average Bonchev–Trinajstić information content (AvgIpc) is 2.79. The van der Waals surface area contributed by atoms with Crippen molar-refractivity contribution in [2.24, 2.45) is 5.41 Å². The standard InChI is InChI=1S/C14H16F2O3/c1-3-11(15)12(16)5-4-7-14(13(18)19-2)8-6-10(17)9-14/h3-5,7H,6,8-9H2,1-2H3. The first kappa shape index (κ1) is 15.3. The van der Waals surface area contributed by atoms with E-state index in [0.717, 1.165) is 12.2 Å². The molecule has 1 aliphatic carbocycles. The number of hydrogen-bond donors (Lipinski definition) is 0. The summed E-state index contributed by atoms with van der Waals surface area (Å²) >= 11 is 0. The Hall–Kier alpha value is -1.78. The molecular weight excluding hydrogens is 254 g/mol. The van der Waals surface area contributed by atoms with Crippen molar-refractivity contribution in [2.75, 3.05) is 7.11 Å². The van der Waals surface area contributed by atoms with Gasteiger partial charge in [0.2, 0.25) is 0 Å². The van der Waals surface area contributed by atoms with Gasteiger partial charge in [0.15, 0.2) is 11.7 Å². The molecule has 0 aliphatic heterocycles. The molecule has 0 heterocycles. The van der Waals surface area contributed by atoms with E-state index >= 15 is 0 Å². The van der Waals surface area contributed by atoms with E-state index in [-0.39, 0.29) is 18.6 Å². The Labute approximate surface area is 110 Å². The van der Waals surface area contributed by atoms with Gasteiger partial charge in [-0.05, 0) is 25.5 Å². The summed E-state index contributed by atoms with van der Waals surface area (Å²) in [4.78, 5) is 23.1. The van der Waals surface area contributed by atoms with Crippen LogP contribution < -0.4 is 0 Å². The van der Waals surface area contributed by atoms with E-state index in [0.29, 0.717) is 6.42 Å². The number of esters is 1. The predicted octanol–water partition coefficient (Wildman–Crippen LogP) is 3.18. The molecule has 0 N–H and O–H groups in total. The highest BCUT2D eigenvalue weighted by Gasteiger charge is 2.43. The zero-order chi connectivity index (χ0) is 14.5. The topological polar surface area (TPSA) is 43.4 Å². The normalized spacial score (nSPS) is 25.2. The molecule has 0 bridgehead atoms. The Morgan fingerprint density at radius 2 is 2.05 bits per heavy atom. The molecule has 0 aromatic heterocycles. The zero-order valence-electron chi connectivity index (χ0n) is 10.9. The molecule has 0 radical (unpaired) electrons. The Kier molecular flexibility index (Phi) is 5.15. The second-order valence-electron chi connectivity index (χ2n) is 4.37. The summed E-state index contributed by atoms with van der Waals surface area (Å²) in [5.74, 6) is -2.57. The van der Waals surface area contributed by atoms with Crippen molar-refractivity contribution in [3.8, 4) is 0 Å². The van der Waals surface area contributed by atoms with E-state index < -0.39 is 23.0 Å². The van der Waals surface area contributed by atoms with Crippen molar-refractivity contribution >= 4 is 11.8 Å². The largest absolute Gasteiger partial charge is 0.468 e. The van der Waals surface area contributed by atoms with Crippen LogP contribution in [0.1, 0.15) is 26.2 Å². The average molecular weight is 270 g/mol. The summed E-state index contributed by atoms with van der Waals surface area (Å²) in [7, 11) is 1.23. The number of hydrogen-bond acceptors (Lipinski definition) is 3. The molecule has 3 nitrogen and oxygen atoms in total. The summed E-state index contributed by atoms with van der Waals surface area (Å²) in [6.07, 6.45) is 5.22. The van der Waals surface area contributed by atoms with Crippen molar-refractivity contribution in [2.45, 2.75) is 26.2 Å². The number of carbonyl (C=O) groups excluding carboxylic acids is 2. The van der Waals surface area contributed by atoms with Crippen molar-refractivity contribution in [3.05, 3.63) is 36.0 Å². The lowest BCUT2D eigenvalue weighted by atomic mass is 9.86. The molecule has 1 unspecified atom stereocenters.